The van der Waals surface area contributed by atoms with Crippen molar-refractivity contribution in [3.05, 3.63) is 65.6 Å². The van der Waals surface area contributed by atoms with Crippen LogP contribution in [0.4, 0.5) is 10.1 Å². The van der Waals surface area contributed by atoms with E-state index < -0.39 is 0 Å². The van der Waals surface area contributed by atoms with Gasteiger partial charge in [-0.1, -0.05) is 0 Å². The summed E-state index contributed by atoms with van der Waals surface area (Å²) in [6.07, 6.45) is 1.93. The van der Waals surface area contributed by atoms with Crippen LogP contribution in [0.1, 0.15) is 11.1 Å². The molecule has 0 unspecified atom stereocenters. The molecule has 98 valence electrons. The molecule has 0 saturated carbocycles. The smallest absolute Gasteiger partial charge is 0.124 e. The molecule has 0 bridgehead atoms. The van der Waals surface area contributed by atoms with Crippen LogP contribution in [0.3, 0.4) is 0 Å². The summed E-state index contributed by atoms with van der Waals surface area (Å²) in [5.74, 6) is -0.389. The second-order valence-electron chi connectivity index (χ2n) is 4.72. The van der Waals surface area contributed by atoms with Gasteiger partial charge < -0.3 is 10.3 Å². The van der Waals surface area contributed by atoms with Crippen molar-refractivity contribution < 1.29 is 4.39 Å². The molecule has 0 spiro atoms. The fourth-order valence-corrected chi connectivity index (χ4v) is 2.36. The molecular formula is C16H12FN3. The Kier molecular flexibility index (Phi) is 2.88. The lowest BCUT2D eigenvalue weighted by Gasteiger charge is -2.07. The summed E-state index contributed by atoms with van der Waals surface area (Å²) in [4.78, 5) is 0. The van der Waals surface area contributed by atoms with Gasteiger partial charge in [-0.15, -0.1) is 0 Å². The average molecular weight is 265 g/mol. The molecule has 0 aliphatic heterocycles. The Labute approximate surface area is 115 Å². The number of hydrogen-bond donors (Lipinski definition) is 1. The summed E-state index contributed by atoms with van der Waals surface area (Å²) in [6, 6.07) is 14.0. The summed E-state index contributed by atoms with van der Waals surface area (Å²) in [6.45, 7) is 0.514. The second-order valence-corrected chi connectivity index (χ2v) is 4.72. The first-order valence-corrected chi connectivity index (χ1v) is 6.19. The number of anilines is 1. The normalized spacial score (nSPS) is 10.6. The predicted octanol–water partition coefficient (Wildman–Crippen LogP) is 3.28. The molecule has 2 N–H and O–H groups in total. The molecule has 0 atom stereocenters. The highest BCUT2D eigenvalue weighted by atomic mass is 19.1. The Morgan fingerprint density at radius 3 is 2.80 bits per heavy atom. The molecule has 0 fully saturated rings. The molecule has 4 heteroatoms. The first kappa shape index (κ1) is 12.2. The van der Waals surface area contributed by atoms with E-state index in [4.69, 9.17) is 11.0 Å². The first-order chi connectivity index (χ1) is 9.65. The zero-order valence-electron chi connectivity index (χ0n) is 10.7. The van der Waals surface area contributed by atoms with Gasteiger partial charge >= 0.3 is 0 Å². The van der Waals surface area contributed by atoms with E-state index in [0.29, 0.717) is 17.8 Å². The fourth-order valence-electron chi connectivity index (χ4n) is 2.36. The number of nitrogens with two attached hydrogens (primary N) is 1. The van der Waals surface area contributed by atoms with Crippen LogP contribution >= 0.6 is 0 Å². The number of benzene rings is 2. The minimum atomic E-state index is -0.389. The van der Waals surface area contributed by atoms with Crippen LogP contribution in [0.15, 0.2) is 48.7 Å². The van der Waals surface area contributed by atoms with Crippen molar-refractivity contribution in [1.82, 2.24) is 4.57 Å². The number of aromatic nitrogens is 1. The highest BCUT2D eigenvalue weighted by Gasteiger charge is 2.05. The van der Waals surface area contributed by atoms with E-state index in [1.807, 2.05) is 41.1 Å². The maximum Gasteiger partial charge on any atom is 0.124 e. The third-order valence-electron chi connectivity index (χ3n) is 3.23. The summed E-state index contributed by atoms with van der Waals surface area (Å²) in [5.41, 5.74) is 8.59. The van der Waals surface area contributed by atoms with Crippen LogP contribution in [0.2, 0.25) is 0 Å². The lowest BCUT2D eigenvalue weighted by atomic mass is 10.1. The Morgan fingerprint density at radius 2 is 2.00 bits per heavy atom. The summed E-state index contributed by atoms with van der Waals surface area (Å²) >= 11 is 0. The van der Waals surface area contributed by atoms with Gasteiger partial charge in [-0.3, -0.25) is 0 Å². The van der Waals surface area contributed by atoms with Crippen molar-refractivity contribution in [2.45, 2.75) is 6.54 Å². The van der Waals surface area contributed by atoms with Gasteiger partial charge in [0.2, 0.25) is 0 Å². The Hall–Kier alpha value is -2.80. The molecule has 3 aromatic rings. The molecule has 20 heavy (non-hydrogen) atoms. The molecule has 0 aliphatic rings. The molecular weight excluding hydrogens is 253 g/mol. The number of fused-ring (bicyclic) bond motifs is 1. The third-order valence-corrected chi connectivity index (χ3v) is 3.23. The van der Waals surface area contributed by atoms with E-state index in [-0.39, 0.29) is 5.82 Å². The van der Waals surface area contributed by atoms with Crippen molar-refractivity contribution in [2.75, 3.05) is 5.73 Å². The lowest BCUT2D eigenvalue weighted by Crippen LogP contribution is -1.99. The Bertz CT molecular complexity index is 827. The third kappa shape index (κ3) is 2.21. The SMILES string of the molecule is N#Cc1cc(F)cc(Cn2ccc3cc(N)ccc32)c1. The summed E-state index contributed by atoms with van der Waals surface area (Å²) < 4.78 is 15.4. The molecule has 0 aliphatic carbocycles. The first-order valence-electron chi connectivity index (χ1n) is 6.19. The maximum absolute atomic E-state index is 13.4. The van der Waals surface area contributed by atoms with E-state index >= 15 is 0 Å². The van der Waals surface area contributed by atoms with Gasteiger partial charge in [-0.2, -0.15) is 5.26 Å². The van der Waals surface area contributed by atoms with E-state index in [0.717, 1.165) is 16.5 Å². The zero-order valence-corrected chi connectivity index (χ0v) is 10.7. The number of halogens is 1. The Balaban J connectivity index is 2.01. The number of nitriles is 1. The number of rotatable bonds is 2. The molecule has 1 heterocycles. The van der Waals surface area contributed by atoms with Crippen molar-refractivity contribution in [3.8, 4) is 6.07 Å². The zero-order chi connectivity index (χ0) is 14.1. The molecule has 0 saturated heterocycles. The molecule has 0 radical (unpaired) electrons. The quantitative estimate of drug-likeness (QED) is 0.723. The second kappa shape index (κ2) is 4.71. The highest BCUT2D eigenvalue weighted by molar-refractivity contribution is 5.83. The van der Waals surface area contributed by atoms with Gasteiger partial charge in [0.05, 0.1) is 11.6 Å². The van der Waals surface area contributed by atoms with Crippen LogP contribution in [0, 0.1) is 17.1 Å². The molecule has 2 aromatic carbocycles. The van der Waals surface area contributed by atoms with Gasteiger partial charge in [-0.25, -0.2) is 4.39 Å². The maximum atomic E-state index is 13.4. The molecule has 1 aromatic heterocycles. The summed E-state index contributed by atoms with van der Waals surface area (Å²) in [7, 11) is 0. The van der Waals surface area contributed by atoms with Gasteiger partial charge in [0.15, 0.2) is 0 Å². The van der Waals surface area contributed by atoms with Crippen molar-refractivity contribution in [3.63, 3.8) is 0 Å². The fraction of sp³-hybridized carbons (Fsp3) is 0.0625. The molecule has 3 rings (SSSR count). The van der Waals surface area contributed by atoms with Gasteiger partial charge in [0.25, 0.3) is 0 Å². The van der Waals surface area contributed by atoms with Gasteiger partial charge in [0, 0.05) is 29.3 Å². The summed E-state index contributed by atoms with van der Waals surface area (Å²) in [5, 5.41) is 9.92. The molecule has 0 amide bonds. The largest absolute Gasteiger partial charge is 0.399 e. The van der Waals surface area contributed by atoms with Crippen LogP contribution < -0.4 is 5.73 Å². The minimum Gasteiger partial charge on any atom is -0.399 e. The average Bonchev–Trinajstić information content (AvgIpc) is 2.80. The van der Waals surface area contributed by atoms with Crippen LogP contribution in [0.25, 0.3) is 10.9 Å². The van der Waals surface area contributed by atoms with Crippen molar-refractivity contribution in [1.29, 1.82) is 5.26 Å². The van der Waals surface area contributed by atoms with Crippen molar-refractivity contribution in [2.24, 2.45) is 0 Å². The standard InChI is InChI=1S/C16H12FN3/c17-14-6-11(9-18)5-12(7-14)10-20-4-3-13-8-15(19)1-2-16(13)20/h1-8H,10,19H2. The number of hydrogen-bond acceptors (Lipinski definition) is 2. The lowest BCUT2D eigenvalue weighted by molar-refractivity contribution is 0.623. The minimum absolute atomic E-state index is 0.334. The topological polar surface area (TPSA) is 54.7 Å². The van der Waals surface area contributed by atoms with Crippen LogP contribution in [-0.4, -0.2) is 4.57 Å². The van der Waals surface area contributed by atoms with E-state index in [1.54, 1.807) is 6.07 Å². The molecule has 3 nitrogen and oxygen atoms in total. The van der Waals surface area contributed by atoms with Gasteiger partial charge in [0.1, 0.15) is 5.82 Å². The van der Waals surface area contributed by atoms with E-state index in [9.17, 15) is 4.39 Å². The monoisotopic (exact) mass is 265 g/mol. The van der Waals surface area contributed by atoms with Crippen LogP contribution in [-0.2, 0) is 6.54 Å². The van der Waals surface area contributed by atoms with Crippen molar-refractivity contribution >= 4 is 16.6 Å². The predicted molar refractivity (Wildman–Crippen MR) is 76.6 cm³/mol. The van der Waals surface area contributed by atoms with Crippen LogP contribution in [0.5, 0.6) is 0 Å². The van der Waals surface area contributed by atoms with E-state index in [2.05, 4.69) is 0 Å². The number of nitrogen functional groups attached to an aromatic ring is 1. The van der Waals surface area contributed by atoms with Gasteiger partial charge in [-0.05, 0) is 48.0 Å². The highest BCUT2D eigenvalue weighted by Crippen LogP contribution is 2.20. The van der Waals surface area contributed by atoms with E-state index in [1.165, 1.54) is 12.1 Å². The Morgan fingerprint density at radius 1 is 1.15 bits per heavy atom. The number of nitrogens with zero attached hydrogens (tertiary/aromatic N) is 2.